The van der Waals surface area contributed by atoms with Crippen LogP contribution in [-0.2, 0) is 5.41 Å². The van der Waals surface area contributed by atoms with Crippen LogP contribution in [0.4, 0.5) is 0 Å². The van der Waals surface area contributed by atoms with Gasteiger partial charge in [0.2, 0.25) is 0 Å². The smallest absolute Gasteiger partial charge is 0.0801 e. The van der Waals surface area contributed by atoms with Crippen LogP contribution in [0.15, 0.2) is 176 Å². The molecule has 0 saturated heterocycles. The topological polar surface area (TPSA) is 22.8 Å². The zero-order valence-electron chi connectivity index (χ0n) is 30.6. The minimum absolute atomic E-state index is 0.0759. The molecule has 3 heterocycles. The Hall–Kier alpha value is -6.97. The van der Waals surface area contributed by atoms with Gasteiger partial charge in [-0.25, -0.2) is 0 Å². The van der Waals surface area contributed by atoms with E-state index in [1.807, 2.05) is 12.3 Å². The highest BCUT2D eigenvalue weighted by molar-refractivity contribution is 6.16. The van der Waals surface area contributed by atoms with Gasteiger partial charge in [-0.2, -0.15) is 0 Å². The summed E-state index contributed by atoms with van der Waals surface area (Å²) < 4.78 is 4.88. The number of pyridine rings is 1. The number of para-hydroxylation sites is 2. The number of nitrogens with zero attached hydrogens (tertiary/aromatic N) is 3. The molecule has 0 fully saturated rings. The number of hydrogen-bond acceptors (Lipinski definition) is 1. The summed E-state index contributed by atoms with van der Waals surface area (Å²) in [6, 6.07) is 62.7. The van der Waals surface area contributed by atoms with E-state index in [9.17, 15) is 0 Å². The van der Waals surface area contributed by atoms with Gasteiger partial charge in [0, 0.05) is 49.6 Å². The summed E-state index contributed by atoms with van der Waals surface area (Å²) in [5, 5.41) is 8.52. The van der Waals surface area contributed by atoms with E-state index in [1.54, 1.807) is 0 Å². The second kappa shape index (κ2) is 11.0. The predicted molar refractivity (Wildman–Crippen MR) is 231 cm³/mol. The summed E-state index contributed by atoms with van der Waals surface area (Å²) in [5.41, 5.74) is 16.0. The molecule has 258 valence electrons. The summed E-state index contributed by atoms with van der Waals surface area (Å²) in [6.45, 7) is 4.73. The third-order valence-corrected chi connectivity index (χ3v) is 12.3. The zero-order chi connectivity index (χ0) is 36.4. The Bertz CT molecular complexity index is 3400. The molecule has 1 aliphatic rings. The third kappa shape index (κ3) is 4.18. The Labute approximate surface area is 318 Å². The van der Waals surface area contributed by atoms with Crippen molar-refractivity contribution in [3.05, 3.63) is 187 Å². The molecule has 12 rings (SSSR count). The van der Waals surface area contributed by atoms with Crippen molar-refractivity contribution in [1.29, 1.82) is 0 Å². The van der Waals surface area contributed by atoms with E-state index in [-0.39, 0.29) is 5.41 Å². The molecule has 8 aromatic carbocycles. The highest BCUT2D eigenvalue weighted by Gasteiger charge is 2.36. The second-order valence-corrected chi connectivity index (χ2v) is 15.6. The van der Waals surface area contributed by atoms with E-state index >= 15 is 0 Å². The van der Waals surface area contributed by atoms with Crippen molar-refractivity contribution in [2.24, 2.45) is 0 Å². The molecular formula is C52H35N3. The van der Waals surface area contributed by atoms with Gasteiger partial charge in [-0.15, -0.1) is 0 Å². The average molecular weight is 702 g/mol. The molecule has 0 unspecified atom stereocenters. The highest BCUT2D eigenvalue weighted by Crippen LogP contribution is 2.51. The maximum atomic E-state index is 4.88. The predicted octanol–water partition coefficient (Wildman–Crippen LogP) is 13.6. The number of benzene rings is 8. The van der Waals surface area contributed by atoms with Crippen LogP contribution in [0.3, 0.4) is 0 Å². The van der Waals surface area contributed by atoms with Crippen LogP contribution in [0.2, 0.25) is 0 Å². The van der Waals surface area contributed by atoms with Crippen molar-refractivity contribution in [1.82, 2.24) is 14.1 Å². The van der Waals surface area contributed by atoms with Gasteiger partial charge in [-0.3, -0.25) is 4.98 Å². The van der Waals surface area contributed by atoms with Crippen LogP contribution in [-0.4, -0.2) is 14.1 Å². The summed E-state index contributed by atoms with van der Waals surface area (Å²) in [7, 11) is 0. The van der Waals surface area contributed by atoms with E-state index in [1.165, 1.54) is 93.5 Å². The van der Waals surface area contributed by atoms with Crippen LogP contribution in [0.25, 0.3) is 98.9 Å². The van der Waals surface area contributed by atoms with Crippen LogP contribution in [0.1, 0.15) is 25.0 Å². The monoisotopic (exact) mass is 701 g/mol. The zero-order valence-corrected chi connectivity index (χ0v) is 30.6. The van der Waals surface area contributed by atoms with Crippen LogP contribution in [0.5, 0.6) is 0 Å². The number of hydrogen-bond donors (Lipinski definition) is 0. The number of aromatic nitrogens is 3. The van der Waals surface area contributed by atoms with Crippen LogP contribution in [0, 0.1) is 0 Å². The SMILES string of the molecule is CC1(C)c2ccccc2-c2cc3c4cc(-c5ccc6c(c5)c5ccccc5n6-c5cccc6ccc7cccnc7c56)ccc4n(-c4ccccc4)c3cc21. The minimum Gasteiger partial charge on any atom is -0.309 e. The van der Waals surface area contributed by atoms with Crippen molar-refractivity contribution in [3.8, 4) is 33.6 Å². The van der Waals surface area contributed by atoms with Crippen molar-refractivity contribution < 1.29 is 0 Å². The third-order valence-electron chi connectivity index (χ3n) is 12.3. The minimum atomic E-state index is -0.0759. The largest absolute Gasteiger partial charge is 0.309 e. The molecule has 0 radical (unpaired) electrons. The van der Waals surface area contributed by atoms with E-state index in [0.717, 1.165) is 16.6 Å². The van der Waals surface area contributed by atoms with Crippen molar-refractivity contribution in [2.45, 2.75) is 19.3 Å². The molecule has 0 saturated carbocycles. The van der Waals surface area contributed by atoms with Crippen molar-refractivity contribution in [3.63, 3.8) is 0 Å². The van der Waals surface area contributed by atoms with Gasteiger partial charge in [0.15, 0.2) is 0 Å². The normalized spacial score (nSPS) is 13.4. The van der Waals surface area contributed by atoms with Crippen molar-refractivity contribution >= 4 is 65.3 Å². The first-order valence-electron chi connectivity index (χ1n) is 19.1. The van der Waals surface area contributed by atoms with Gasteiger partial charge < -0.3 is 9.13 Å². The second-order valence-electron chi connectivity index (χ2n) is 15.6. The summed E-state index contributed by atoms with van der Waals surface area (Å²) in [4.78, 5) is 4.88. The van der Waals surface area contributed by atoms with Gasteiger partial charge in [-0.05, 0) is 105 Å². The van der Waals surface area contributed by atoms with Crippen molar-refractivity contribution in [2.75, 3.05) is 0 Å². The summed E-state index contributed by atoms with van der Waals surface area (Å²) in [5.74, 6) is 0. The van der Waals surface area contributed by atoms with Gasteiger partial charge in [-0.1, -0.05) is 117 Å². The lowest BCUT2D eigenvalue weighted by molar-refractivity contribution is 0.661. The fraction of sp³-hybridized carbons (Fsp3) is 0.0577. The molecule has 0 atom stereocenters. The van der Waals surface area contributed by atoms with Gasteiger partial charge in [0.25, 0.3) is 0 Å². The summed E-state index contributed by atoms with van der Waals surface area (Å²) in [6.07, 6.45) is 1.90. The molecule has 11 aromatic rings. The number of rotatable bonds is 3. The molecule has 55 heavy (non-hydrogen) atoms. The lowest BCUT2D eigenvalue weighted by Gasteiger charge is -2.21. The first-order valence-corrected chi connectivity index (χ1v) is 19.1. The molecular weight excluding hydrogens is 667 g/mol. The molecule has 0 bridgehead atoms. The van der Waals surface area contributed by atoms with E-state index in [4.69, 9.17) is 4.98 Å². The van der Waals surface area contributed by atoms with E-state index in [2.05, 4.69) is 187 Å². The Morgan fingerprint density at radius 3 is 1.96 bits per heavy atom. The standard InChI is InChI=1S/C52H35N3/c1-52(2)43-18-8-6-16-37(43)39-30-42-41-29-35(23-25-46(41)54(49(42)31-44(39)52)36-14-4-3-5-15-36)34-24-26-47-40(28-34)38-17-7-9-19-45(38)55(47)48-20-10-12-32-21-22-33-13-11-27-53-51(33)50(32)48/h3-31H,1-2H3. The molecule has 0 amide bonds. The lowest BCUT2D eigenvalue weighted by Crippen LogP contribution is -2.14. The van der Waals surface area contributed by atoms with E-state index in [0.29, 0.717) is 0 Å². The van der Waals surface area contributed by atoms with Gasteiger partial charge in [0.1, 0.15) is 0 Å². The fourth-order valence-corrected chi connectivity index (χ4v) is 9.74. The Balaban J connectivity index is 1.10. The molecule has 3 heteroatoms. The molecule has 0 aliphatic heterocycles. The molecule has 3 nitrogen and oxygen atoms in total. The number of fused-ring (bicyclic) bond motifs is 12. The van der Waals surface area contributed by atoms with Crippen LogP contribution < -0.4 is 0 Å². The maximum Gasteiger partial charge on any atom is 0.0801 e. The van der Waals surface area contributed by atoms with Gasteiger partial charge >= 0.3 is 0 Å². The molecule has 3 aromatic heterocycles. The Morgan fingerprint density at radius 1 is 0.436 bits per heavy atom. The lowest BCUT2D eigenvalue weighted by atomic mass is 9.82. The quantitative estimate of drug-likeness (QED) is 0.168. The van der Waals surface area contributed by atoms with Crippen LogP contribution >= 0.6 is 0 Å². The fourth-order valence-electron chi connectivity index (χ4n) is 9.74. The molecule has 1 aliphatic carbocycles. The van der Waals surface area contributed by atoms with Gasteiger partial charge in [0.05, 0.1) is 33.3 Å². The van der Waals surface area contributed by atoms with E-state index < -0.39 is 0 Å². The summed E-state index contributed by atoms with van der Waals surface area (Å²) >= 11 is 0. The maximum absolute atomic E-state index is 4.88. The average Bonchev–Trinajstić information content (AvgIpc) is 3.82. The Kier molecular flexibility index (Phi) is 6.12. The molecule has 0 spiro atoms. The first-order chi connectivity index (χ1) is 27.0. The Morgan fingerprint density at radius 2 is 1.11 bits per heavy atom. The molecule has 0 N–H and O–H groups in total. The highest BCUT2D eigenvalue weighted by atomic mass is 15.0. The first kappa shape index (κ1) is 30.5.